The summed E-state index contributed by atoms with van der Waals surface area (Å²) in [6.07, 6.45) is 0.190. The molecule has 8 nitrogen and oxygen atoms in total. The predicted molar refractivity (Wildman–Crippen MR) is 141 cm³/mol. The number of amidine groups is 1. The van der Waals surface area contributed by atoms with E-state index in [2.05, 4.69) is 6.07 Å². The average Bonchev–Trinajstić information content (AvgIpc) is 3.18. The molecule has 0 saturated carbocycles. The minimum atomic E-state index is -0.651. The van der Waals surface area contributed by atoms with E-state index in [0.717, 1.165) is 22.0 Å². The summed E-state index contributed by atoms with van der Waals surface area (Å²) < 4.78 is 5.79. The number of piperazine rings is 1. The number of hydrogen-bond acceptors (Lipinski definition) is 7. The number of amides is 2. The molecule has 1 aromatic carbocycles. The van der Waals surface area contributed by atoms with Gasteiger partial charge < -0.3 is 19.4 Å². The Labute approximate surface area is 217 Å². The highest BCUT2D eigenvalue weighted by Crippen LogP contribution is 2.45. The largest absolute Gasteiger partial charge is 0.456 e. The Morgan fingerprint density at radius 2 is 1.75 bits per heavy atom. The minimum Gasteiger partial charge on any atom is -0.456 e. The Bertz CT molecular complexity index is 1170. The number of esters is 1. The van der Waals surface area contributed by atoms with Gasteiger partial charge >= 0.3 is 5.97 Å². The highest BCUT2D eigenvalue weighted by Gasteiger charge is 2.42. The first-order chi connectivity index (χ1) is 16.9. The van der Waals surface area contributed by atoms with E-state index in [0.29, 0.717) is 37.4 Å². The van der Waals surface area contributed by atoms with E-state index in [1.54, 1.807) is 11.8 Å². The second-order valence-electron chi connectivity index (χ2n) is 10.4. The first-order valence-corrected chi connectivity index (χ1v) is 13.1. The van der Waals surface area contributed by atoms with Crippen LogP contribution in [0.1, 0.15) is 58.2 Å². The molecule has 0 N–H and O–H groups in total. The van der Waals surface area contributed by atoms with Crippen molar-refractivity contribution >= 4 is 34.7 Å². The third-order valence-electron chi connectivity index (χ3n) is 6.39. The van der Waals surface area contributed by atoms with E-state index in [9.17, 15) is 14.4 Å². The van der Waals surface area contributed by atoms with Crippen molar-refractivity contribution in [2.45, 2.75) is 59.6 Å². The van der Waals surface area contributed by atoms with Gasteiger partial charge in [-0.1, -0.05) is 41.6 Å². The van der Waals surface area contributed by atoms with Gasteiger partial charge in [0.2, 0.25) is 11.8 Å². The number of carbonyl (C=O) groups excluding carboxylic acids is 3. The summed E-state index contributed by atoms with van der Waals surface area (Å²) in [5.41, 5.74) is 3.28. The van der Waals surface area contributed by atoms with Crippen LogP contribution in [0, 0.1) is 6.92 Å². The molecule has 9 heteroatoms. The van der Waals surface area contributed by atoms with E-state index >= 15 is 0 Å². The Balaban J connectivity index is 1.63. The number of nitrogens with zero attached hydrogens (tertiary/aromatic N) is 4. The van der Waals surface area contributed by atoms with Crippen LogP contribution in [-0.2, 0) is 19.1 Å². The Morgan fingerprint density at radius 3 is 2.36 bits per heavy atom. The maximum Gasteiger partial charge on any atom is 0.338 e. The van der Waals surface area contributed by atoms with Crippen molar-refractivity contribution in [2.75, 3.05) is 26.2 Å². The van der Waals surface area contributed by atoms with Gasteiger partial charge in [0.25, 0.3) is 0 Å². The van der Waals surface area contributed by atoms with Crippen molar-refractivity contribution in [3.63, 3.8) is 0 Å². The molecule has 192 valence electrons. The van der Waals surface area contributed by atoms with E-state index in [4.69, 9.17) is 9.73 Å². The summed E-state index contributed by atoms with van der Waals surface area (Å²) in [6, 6.07) is 7.61. The van der Waals surface area contributed by atoms with Gasteiger partial charge in [-0.15, -0.1) is 0 Å². The number of benzene rings is 1. The summed E-state index contributed by atoms with van der Waals surface area (Å²) in [5.74, 6) is -0.374. The molecule has 1 atom stereocenters. The zero-order chi connectivity index (χ0) is 26.2. The molecular weight excluding hydrogens is 476 g/mol. The zero-order valence-corrected chi connectivity index (χ0v) is 22.6. The molecule has 1 aromatic rings. The first kappa shape index (κ1) is 26.0. The van der Waals surface area contributed by atoms with Gasteiger partial charge in [-0.05, 0) is 45.6 Å². The number of hydrogen-bond donors (Lipinski definition) is 0. The molecular formula is C27H34N4O4S. The fourth-order valence-electron chi connectivity index (χ4n) is 4.66. The van der Waals surface area contributed by atoms with E-state index < -0.39 is 17.6 Å². The molecule has 4 rings (SSSR count). The molecule has 0 bridgehead atoms. The van der Waals surface area contributed by atoms with E-state index in [-0.39, 0.29) is 18.2 Å². The van der Waals surface area contributed by atoms with Crippen LogP contribution in [0.15, 0.2) is 51.6 Å². The zero-order valence-electron chi connectivity index (χ0n) is 21.8. The maximum atomic E-state index is 13.4. The Hall–Kier alpha value is -3.07. The monoisotopic (exact) mass is 510 g/mol. The maximum absolute atomic E-state index is 13.4. The standard InChI is InChI=1S/C27H34N4O4S/c1-17-8-7-9-20(14-17)24-23(25(34)35-27(4,5)6)18(2)28-26-31(24)21(16-36-26)15-22(33)30-12-10-29(11-13-30)19(3)32/h7-9,14,16,24H,10-13,15H2,1-6H3. The lowest BCUT2D eigenvalue weighted by atomic mass is 9.92. The second kappa shape index (κ2) is 10.1. The number of aryl methyl sites for hydroxylation is 1. The van der Waals surface area contributed by atoms with Crippen molar-refractivity contribution in [1.29, 1.82) is 0 Å². The summed E-state index contributed by atoms with van der Waals surface area (Å²) in [5, 5.41) is 2.70. The van der Waals surface area contributed by atoms with Crippen molar-refractivity contribution in [3.05, 3.63) is 57.8 Å². The predicted octanol–water partition coefficient (Wildman–Crippen LogP) is 3.99. The molecule has 0 spiro atoms. The second-order valence-corrected chi connectivity index (χ2v) is 11.2. The number of carbonyl (C=O) groups is 3. The van der Waals surface area contributed by atoms with Gasteiger partial charge in [0.15, 0.2) is 5.17 Å². The van der Waals surface area contributed by atoms with Crippen LogP contribution in [-0.4, -0.2) is 69.4 Å². The highest BCUT2D eigenvalue weighted by atomic mass is 32.2. The van der Waals surface area contributed by atoms with Gasteiger partial charge in [-0.3, -0.25) is 9.59 Å². The van der Waals surface area contributed by atoms with E-state index in [1.807, 2.05) is 68.0 Å². The molecule has 0 radical (unpaired) electrons. The lowest BCUT2D eigenvalue weighted by molar-refractivity contribution is -0.150. The fourth-order valence-corrected chi connectivity index (χ4v) is 5.62. The van der Waals surface area contributed by atoms with Gasteiger partial charge in [0.05, 0.1) is 23.7 Å². The van der Waals surface area contributed by atoms with Crippen molar-refractivity contribution in [2.24, 2.45) is 4.99 Å². The summed E-state index contributed by atoms with van der Waals surface area (Å²) in [7, 11) is 0. The normalized spacial score (nSPS) is 20.2. The van der Waals surface area contributed by atoms with Crippen LogP contribution >= 0.6 is 11.8 Å². The summed E-state index contributed by atoms with van der Waals surface area (Å²) in [4.78, 5) is 48.7. The van der Waals surface area contributed by atoms with Crippen LogP contribution in [0.5, 0.6) is 0 Å². The number of rotatable bonds is 4. The molecule has 1 saturated heterocycles. The smallest absolute Gasteiger partial charge is 0.338 e. The number of aliphatic imine (C=N–C) groups is 1. The molecule has 1 unspecified atom stereocenters. The minimum absolute atomic E-state index is 0.000567. The molecule has 3 aliphatic rings. The topological polar surface area (TPSA) is 82.5 Å². The van der Waals surface area contributed by atoms with Crippen LogP contribution in [0.4, 0.5) is 0 Å². The van der Waals surface area contributed by atoms with E-state index in [1.165, 1.54) is 11.8 Å². The number of ether oxygens (including phenoxy) is 1. The average molecular weight is 511 g/mol. The van der Waals surface area contributed by atoms with Crippen molar-refractivity contribution < 1.29 is 19.1 Å². The first-order valence-electron chi connectivity index (χ1n) is 12.2. The number of thioether (sulfide) groups is 1. The summed E-state index contributed by atoms with van der Waals surface area (Å²) in [6.45, 7) is 13.1. The van der Waals surface area contributed by atoms with Crippen LogP contribution in [0.3, 0.4) is 0 Å². The van der Waals surface area contributed by atoms with Gasteiger partial charge in [-0.25, -0.2) is 9.79 Å². The molecule has 0 aliphatic carbocycles. The number of allylic oxidation sites excluding steroid dienone is 1. The van der Waals surface area contributed by atoms with Crippen LogP contribution in [0.2, 0.25) is 0 Å². The molecule has 2 amide bonds. The lowest BCUT2D eigenvalue weighted by Gasteiger charge is -2.38. The third kappa shape index (κ3) is 5.51. The van der Waals surface area contributed by atoms with Crippen molar-refractivity contribution in [1.82, 2.24) is 14.7 Å². The molecule has 0 aromatic heterocycles. The third-order valence-corrected chi connectivity index (χ3v) is 7.28. The summed E-state index contributed by atoms with van der Waals surface area (Å²) >= 11 is 1.46. The fraction of sp³-hybridized carbons (Fsp3) is 0.481. The Morgan fingerprint density at radius 1 is 1.08 bits per heavy atom. The lowest BCUT2D eigenvalue weighted by Crippen LogP contribution is -2.50. The molecule has 3 aliphatic heterocycles. The quantitative estimate of drug-likeness (QED) is 0.570. The van der Waals surface area contributed by atoms with Gasteiger partial charge in [-0.2, -0.15) is 0 Å². The van der Waals surface area contributed by atoms with Crippen LogP contribution in [0.25, 0.3) is 0 Å². The molecule has 3 heterocycles. The molecule has 36 heavy (non-hydrogen) atoms. The highest BCUT2D eigenvalue weighted by molar-refractivity contribution is 8.16. The van der Waals surface area contributed by atoms with Gasteiger partial charge in [0, 0.05) is 38.8 Å². The van der Waals surface area contributed by atoms with Crippen LogP contribution < -0.4 is 0 Å². The SMILES string of the molecule is CC(=O)N1CCN(C(=O)CC2=CSC3=NC(C)=C(C(=O)OC(C)(C)C)C(c4cccc(C)c4)N23)CC1. The molecule has 1 fully saturated rings. The Kier molecular flexibility index (Phi) is 7.31. The van der Waals surface area contributed by atoms with Gasteiger partial charge in [0.1, 0.15) is 5.60 Å². The van der Waals surface area contributed by atoms with Crippen molar-refractivity contribution in [3.8, 4) is 0 Å². The number of fused-ring (bicyclic) bond motifs is 1.